The zero-order valence-electron chi connectivity index (χ0n) is 11.4. The fraction of sp³-hybridized carbons (Fsp3) is 0.438. The van der Waals surface area contributed by atoms with E-state index in [1.165, 1.54) is 0 Å². The molecule has 4 atom stereocenters. The summed E-state index contributed by atoms with van der Waals surface area (Å²) in [5.74, 6) is -2.13. The number of hydrogen-bond acceptors (Lipinski definition) is 4. The maximum Gasteiger partial charge on any atom is 0.234 e. The van der Waals surface area contributed by atoms with Crippen molar-refractivity contribution >= 4 is 17.6 Å². The molecule has 0 aromatic heterocycles. The second-order valence-electron chi connectivity index (χ2n) is 5.99. The quantitative estimate of drug-likeness (QED) is 0.800. The second kappa shape index (κ2) is 4.24. The van der Waals surface area contributed by atoms with Crippen LogP contribution in [-0.4, -0.2) is 40.8 Å². The highest BCUT2D eigenvalue weighted by Crippen LogP contribution is 2.57. The maximum atomic E-state index is 12.5. The molecule has 2 fully saturated rings. The van der Waals surface area contributed by atoms with Gasteiger partial charge in [-0.15, -0.1) is 0 Å². The van der Waals surface area contributed by atoms with Crippen molar-refractivity contribution < 1.29 is 19.5 Å². The minimum Gasteiger partial charge on any atom is -0.395 e. The normalized spacial score (nSPS) is 33.4. The Hall–Kier alpha value is -2.01. The molecule has 2 bridgehead atoms. The largest absolute Gasteiger partial charge is 0.395 e. The second-order valence-corrected chi connectivity index (χ2v) is 5.99. The Kier molecular flexibility index (Phi) is 2.57. The van der Waals surface area contributed by atoms with Gasteiger partial charge in [-0.2, -0.15) is 0 Å². The molecule has 1 saturated carbocycles. The molecule has 1 N–H and O–H groups in total. The molecule has 1 heterocycles. The van der Waals surface area contributed by atoms with E-state index in [0.29, 0.717) is 6.42 Å². The zero-order chi connectivity index (χ0) is 14.7. The van der Waals surface area contributed by atoms with Crippen LogP contribution in [0.15, 0.2) is 24.3 Å². The van der Waals surface area contributed by atoms with Crippen LogP contribution < -0.4 is 0 Å². The van der Waals surface area contributed by atoms with Gasteiger partial charge in [0, 0.05) is 12.3 Å². The lowest BCUT2D eigenvalue weighted by Gasteiger charge is -2.43. The number of hydrogen-bond donors (Lipinski definition) is 1. The topological polar surface area (TPSA) is 74.7 Å². The minimum absolute atomic E-state index is 0.0225. The number of rotatable bonds is 2. The summed E-state index contributed by atoms with van der Waals surface area (Å²) in [6, 6.07) is 7.63. The first kappa shape index (κ1) is 12.7. The van der Waals surface area contributed by atoms with Gasteiger partial charge in [0.2, 0.25) is 11.8 Å². The van der Waals surface area contributed by atoms with Crippen molar-refractivity contribution in [2.24, 2.45) is 11.8 Å². The highest BCUT2D eigenvalue weighted by molar-refractivity contribution is 6.11. The molecule has 1 aliphatic heterocycles. The van der Waals surface area contributed by atoms with E-state index >= 15 is 0 Å². The highest BCUT2D eigenvalue weighted by Gasteiger charge is 2.62. The summed E-state index contributed by atoms with van der Waals surface area (Å²) in [7, 11) is 0. The van der Waals surface area contributed by atoms with Crippen LogP contribution in [0.3, 0.4) is 0 Å². The molecule has 1 saturated heterocycles. The number of aliphatic hydroxyl groups is 1. The number of nitrogens with zero attached hydrogens (tertiary/aromatic N) is 1. The average Bonchev–Trinajstić information content (AvgIpc) is 2.74. The molecule has 0 radical (unpaired) electrons. The monoisotopic (exact) mass is 285 g/mol. The van der Waals surface area contributed by atoms with Crippen molar-refractivity contribution in [3.05, 3.63) is 35.4 Å². The van der Waals surface area contributed by atoms with Crippen molar-refractivity contribution in [2.75, 3.05) is 13.2 Å². The summed E-state index contributed by atoms with van der Waals surface area (Å²) in [6.45, 7) is -0.220. The number of benzene rings is 1. The van der Waals surface area contributed by atoms with Crippen molar-refractivity contribution in [1.29, 1.82) is 0 Å². The van der Waals surface area contributed by atoms with Gasteiger partial charge in [-0.3, -0.25) is 19.3 Å². The van der Waals surface area contributed by atoms with Crippen molar-refractivity contribution in [1.82, 2.24) is 4.90 Å². The fourth-order valence-corrected chi connectivity index (χ4v) is 4.34. The molecule has 3 aliphatic carbocycles. The zero-order valence-corrected chi connectivity index (χ0v) is 11.4. The Morgan fingerprint density at radius 1 is 1.05 bits per heavy atom. The van der Waals surface area contributed by atoms with Crippen molar-refractivity contribution in [3.8, 4) is 0 Å². The number of carbonyl (C=O) groups excluding carboxylic acids is 3. The van der Waals surface area contributed by atoms with Crippen molar-refractivity contribution in [2.45, 2.75) is 18.3 Å². The summed E-state index contributed by atoms with van der Waals surface area (Å²) in [4.78, 5) is 38.5. The third kappa shape index (κ3) is 1.47. The van der Waals surface area contributed by atoms with Gasteiger partial charge in [0.15, 0.2) is 0 Å². The van der Waals surface area contributed by atoms with E-state index in [1.54, 1.807) is 0 Å². The number of carbonyl (C=O) groups is 3. The van der Waals surface area contributed by atoms with Crippen LogP contribution in [0.4, 0.5) is 0 Å². The lowest BCUT2D eigenvalue weighted by molar-refractivity contribution is -0.141. The highest BCUT2D eigenvalue weighted by atomic mass is 16.3. The van der Waals surface area contributed by atoms with Gasteiger partial charge in [-0.05, 0) is 11.1 Å². The van der Waals surface area contributed by atoms with Crippen LogP contribution in [-0.2, 0) is 14.4 Å². The molecule has 108 valence electrons. The third-order valence-electron chi connectivity index (χ3n) is 5.10. The van der Waals surface area contributed by atoms with E-state index in [9.17, 15) is 14.4 Å². The molecule has 0 spiro atoms. The first-order valence-electron chi connectivity index (χ1n) is 7.22. The van der Waals surface area contributed by atoms with Gasteiger partial charge in [-0.1, -0.05) is 24.3 Å². The fourth-order valence-electron chi connectivity index (χ4n) is 4.34. The Labute approximate surface area is 121 Å². The molecule has 1 aromatic rings. The van der Waals surface area contributed by atoms with E-state index in [1.807, 2.05) is 24.3 Å². The molecule has 5 heteroatoms. The summed E-state index contributed by atoms with van der Waals surface area (Å²) < 4.78 is 0. The number of imide groups is 1. The van der Waals surface area contributed by atoms with E-state index in [0.717, 1.165) is 16.0 Å². The van der Waals surface area contributed by atoms with Crippen LogP contribution in [0.5, 0.6) is 0 Å². The maximum absolute atomic E-state index is 12.5. The van der Waals surface area contributed by atoms with Crippen LogP contribution in [0.1, 0.15) is 29.4 Å². The molecular weight excluding hydrogens is 270 g/mol. The number of ketones is 1. The first-order valence-corrected chi connectivity index (χ1v) is 7.22. The number of likely N-dealkylation sites (tertiary alicyclic amines) is 1. The van der Waals surface area contributed by atoms with Crippen LogP contribution >= 0.6 is 0 Å². The summed E-state index contributed by atoms with van der Waals surface area (Å²) in [5, 5.41) is 9.06. The summed E-state index contributed by atoms with van der Waals surface area (Å²) in [5.41, 5.74) is 1.95. The van der Waals surface area contributed by atoms with Crippen molar-refractivity contribution in [3.63, 3.8) is 0 Å². The predicted molar refractivity (Wildman–Crippen MR) is 72.3 cm³/mol. The Bertz CT molecular complexity index is 668. The van der Waals surface area contributed by atoms with Gasteiger partial charge in [0.25, 0.3) is 0 Å². The Balaban J connectivity index is 1.87. The molecule has 4 aliphatic rings. The van der Waals surface area contributed by atoms with Gasteiger partial charge < -0.3 is 5.11 Å². The predicted octanol–water partition coefficient (Wildman–Crippen LogP) is 0.434. The summed E-state index contributed by atoms with van der Waals surface area (Å²) >= 11 is 0. The number of β-amino-alcohol motifs (C(OH)–C–C–N with tert-alkyl or cyclic N) is 1. The Morgan fingerprint density at radius 3 is 2.43 bits per heavy atom. The molecular formula is C16H15NO4. The van der Waals surface area contributed by atoms with Gasteiger partial charge >= 0.3 is 0 Å². The molecule has 1 aromatic carbocycles. The van der Waals surface area contributed by atoms with E-state index < -0.39 is 17.8 Å². The molecule has 2 amide bonds. The third-order valence-corrected chi connectivity index (χ3v) is 5.10. The number of amides is 2. The number of aliphatic hydroxyl groups excluding tert-OH is 1. The van der Waals surface area contributed by atoms with Gasteiger partial charge in [-0.25, -0.2) is 0 Å². The van der Waals surface area contributed by atoms with Crippen LogP contribution in [0.2, 0.25) is 0 Å². The van der Waals surface area contributed by atoms with E-state index in [4.69, 9.17) is 5.11 Å². The molecule has 5 rings (SSSR count). The SMILES string of the molecule is O=C1C[C@@H]2c3ccccc3[C@@H]1[C@@H]1C(=O)N(CCO)C(=O)[C@H]12. The average molecular weight is 285 g/mol. The van der Waals surface area contributed by atoms with Crippen LogP contribution in [0, 0.1) is 11.8 Å². The number of fused-ring (bicyclic) bond motifs is 1. The smallest absolute Gasteiger partial charge is 0.234 e. The van der Waals surface area contributed by atoms with Gasteiger partial charge in [0.1, 0.15) is 5.78 Å². The lowest BCUT2D eigenvalue weighted by Crippen LogP contribution is -2.44. The van der Waals surface area contributed by atoms with Gasteiger partial charge in [0.05, 0.1) is 30.9 Å². The van der Waals surface area contributed by atoms with E-state index in [2.05, 4.69) is 0 Å². The summed E-state index contributed by atoms with van der Waals surface area (Å²) in [6.07, 6.45) is 0.342. The standard InChI is InChI=1S/C16H15NO4/c18-6-5-17-15(20)13-10-7-11(19)12(14(13)16(17)21)9-4-2-1-3-8(9)10/h1-4,10,12-14,18H,5-7H2/t10-,12+,13+,14+/m1/s1. The molecule has 21 heavy (non-hydrogen) atoms. The Morgan fingerprint density at radius 2 is 1.71 bits per heavy atom. The minimum atomic E-state index is -0.565. The molecule has 0 unspecified atom stereocenters. The van der Waals surface area contributed by atoms with E-state index in [-0.39, 0.29) is 36.7 Å². The number of Topliss-reactive ketones (excluding diaryl/α,β-unsaturated/α-hetero) is 1. The molecule has 5 nitrogen and oxygen atoms in total. The lowest BCUT2D eigenvalue weighted by atomic mass is 9.56. The first-order chi connectivity index (χ1) is 10.1. The van der Waals surface area contributed by atoms with Crippen LogP contribution in [0.25, 0.3) is 0 Å².